The number of aryl methyl sites for hydroxylation is 1. The van der Waals surface area contributed by atoms with Crippen molar-refractivity contribution < 1.29 is 31.9 Å². The van der Waals surface area contributed by atoms with Crippen LogP contribution in [0.3, 0.4) is 0 Å². The van der Waals surface area contributed by atoms with E-state index in [-0.39, 0.29) is 58.7 Å². The summed E-state index contributed by atoms with van der Waals surface area (Å²) >= 11 is 5.69. The van der Waals surface area contributed by atoms with Gasteiger partial charge in [0.25, 0.3) is 5.91 Å². The molecule has 1 fully saturated rings. The van der Waals surface area contributed by atoms with Gasteiger partial charge in [-0.2, -0.15) is 13.2 Å². The summed E-state index contributed by atoms with van der Waals surface area (Å²) < 4.78 is 67.7. The average molecular weight is 472 g/mol. The second-order valence-corrected chi connectivity index (χ2v) is 8.76. The van der Waals surface area contributed by atoms with Gasteiger partial charge in [-0.25, -0.2) is 8.78 Å². The molecular weight excluding hydrogens is 453 g/mol. The van der Waals surface area contributed by atoms with E-state index in [1.54, 1.807) is 6.92 Å². The first-order chi connectivity index (χ1) is 14.9. The van der Waals surface area contributed by atoms with Crippen LogP contribution in [0.4, 0.5) is 22.0 Å². The highest BCUT2D eigenvalue weighted by Crippen LogP contribution is 2.47. The van der Waals surface area contributed by atoms with Crippen molar-refractivity contribution in [1.82, 2.24) is 5.32 Å². The van der Waals surface area contributed by atoms with E-state index < -0.39 is 35.2 Å². The van der Waals surface area contributed by atoms with Gasteiger partial charge >= 0.3 is 6.18 Å². The summed E-state index contributed by atoms with van der Waals surface area (Å²) in [6.07, 6.45) is -4.90. The Bertz CT molecular complexity index is 1130. The normalized spacial score (nSPS) is 23.7. The molecule has 1 spiro atoms. The van der Waals surface area contributed by atoms with E-state index in [2.05, 4.69) is 5.32 Å². The lowest BCUT2D eigenvalue weighted by Gasteiger charge is -2.37. The van der Waals surface area contributed by atoms with Crippen LogP contribution >= 0.6 is 11.6 Å². The summed E-state index contributed by atoms with van der Waals surface area (Å²) in [5, 5.41) is 13.5. The smallest absolute Gasteiger partial charge is 0.391 e. The van der Waals surface area contributed by atoms with E-state index in [0.717, 1.165) is 12.1 Å². The predicted molar refractivity (Wildman–Crippen MR) is 110 cm³/mol. The SMILES string of the molecule is Cc1cc(F)c(-c2ccc(Cl)c(F)c2)cc1C1=C(O)C2(CCC(C(F)(F)F)CC2)NC1=O. The molecule has 0 unspecified atom stereocenters. The summed E-state index contributed by atoms with van der Waals surface area (Å²) in [5.74, 6) is -3.87. The quantitative estimate of drug-likeness (QED) is 0.492. The lowest BCUT2D eigenvalue weighted by Crippen LogP contribution is -2.48. The lowest BCUT2D eigenvalue weighted by molar-refractivity contribution is -0.184. The minimum absolute atomic E-state index is 0.00371. The molecule has 2 N–H and O–H groups in total. The summed E-state index contributed by atoms with van der Waals surface area (Å²) in [6, 6.07) is 6.25. The molecule has 1 aliphatic heterocycles. The van der Waals surface area contributed by atoms with Gasteiger partial charge in [0.1, 0.15) is 17.4 Å². The Balaban J connectivity index is 1.76. The average Bonchev–Trinajstić information content (AvgIpc) is 2.94. The van der Waals surface area contributed by atoms with Gasteiger partial charge in [0.2, 0.25) is 0 Å². The number of carbonyl (C=O) groups is 1. The minimum atomic E-state index is -4.33. The zero-order valence-electron chi connectivity index (χ0n) is 16.9. The highest BCUT2D eigenvalue weighted by atomic mass is 35.5. The van der Waals surface area contributed by atoms with E-state index in [0.29, 0.717) is 5.56 Å². The maximum absolute atomic E-state index is 14.7. The van der Waals surface area contributed by atoms with Crippen LogP contribution in [0.25, 0.3) is 16.7 Å². The van der Waals surface area contributed by atoms with Gasteiger partial charge in [-0.05, 0) is 73.6 Å². The number of halogens is 6. The highest BCUT2D eigenvalue weighted by Gasteiger charge is 2.52. The third kappa shape index (κ3) is 3.74. The van der Waals surface area contributed by atoms with Crippen LogP contribution < -0.4 is 5.32 Å². The van der Waals surface area contributed by atoms with Crippen LogP contribution in [0.1, 0.15) is 36.8 Å². The molecule has 0 saturated heterocycles. The Labute approximate surface area is 185 Å². The van der Waals surface area contributed by atoms with Gasteiger partial charge in [0.05, 0.1) is 22.1 Å². The van der Waals surface area contributed by atoms with Crippen LogP contribution in [0.2, 0.25) is 5.02 Å². The van der Waals surface area contributed by atoms with Crippen molar-refractivity contribution in [3.8, 4) is 11.1 Å². The molecule has 0 radical (unpaired) electrons. The van der Waals surface area contributed by atoms with Crippen molar-refractivity contribution in [3.05, 3.63) is 63.9 Å². The van der Waals surface area contributed by atoms with Crippen molar-refractivity contribution in [1.29, 1.82) is 0 Å². The molecule has 3 nitrogen and oxygen atoms in total. The second kappa shape index (κ2) is 7.76. The van der Waals surface area contributed by atoms with Gasteiger partial charge in [0, 0.05) is 5.56 Å². The maximum atomic E-state index is 14.7. The van der Waals surface area contributed by atoms with Gasteiger partial charge in [-0.15, -0.1) is 0 Å². The van der Waals surface area contributed by atoms with E-state index >= 15 is 0 Å². The molecule has 1 heterocycles. The molecule has 0 bridgehead atoms. The van der Waals surface area contributed by atoms with Crippen molar-refractivity contribution in [2.45, 2.75) is 44.3 Å². The number of alkyl halides is 3. The van der Waals surface area contributed by atoms with E-state index in [4.69, 9.17) is 11.6 Å². The summed E-state index contributed by atoms with van der Waals surface area (Å²) in [7, 11) is 0. The van der Waals surface area contributed by atoms with Crippen molar-refractivity contribution in [3.63, 3.8) is 0 Å². The molecular formula is C23H19ClF5NO2. The second-order valence-electron chi connectivity index (χ2n) is 8.35. The lowest BCUT2D eigenvalue weighted by atomic mass is 9.75. The number of hydrogen-bond acceptors (Lipinski definition) is 2. The number of amides is 1. The molecule has 0 atom stereocenters. The number of aliphatic hydroxyl groups is 1. The fraction of sp³-hybridized carbons (Fsp3) is 0.348. The molecule has 0 aromatic heterocycles. The molecule has 32 heavy (non-hydrogen) atoms. The molecule has 1 aliphatic carbocycles. The van der Waals surface area contributed by atoms with Crippen LogP contribution in [0.15, 0.2) is 36.1 Å². The van der Waals surface area contributed by atoms with Crippen LogP contribution in [-0.4, -0.2) is 22.7 Å². The Hall–Kier alpha value is -2.61. The molecule has 1 amide bonds. The topological polar surface area (TPSA) is 49.3 Å². The fourth-order valence-corrected chi connectivity index (χ4v) is 4.68. The number of nitrogens with one attached hydrogen (secondary N) is 1. The van der Waals surface area contributed by atoms with E-state index in [9.17, 15) is 31.9 Å². The number of aliphatic hydroxyl groups excluding tert-OH is 1. The highest BCUT2D eigenvalue weighted by molar-refractivity contribution is 6.30. The third-order valence-corrected chi connectivity index (χ3v) is 6.69. The first-order valence-electron chi connectivity index (χ1n) is 10.0. The largest absolute Gasteiger partial charge is 0.509 e. The first-order valence-corrected chi connectivity index (χ1v) is 10.4. The summed E-state index contributed by atoms with van der Waals surface area (Å²) in [6.45, 7) is 1.55. The van der Waals surface area contributed by atoms with Gasteiger partial charge in [0.15, 0.2) is 0 Å². The number of rotatable bonds is 2. The predicted octanol–water partition coefficient (Wildman–Crippen LogP) is 6.48. The number of benzene rings is 2. The van der Waals surface area contributed by atoms with Crippen LogP contribution in [-0.2, 0) is 4.79 Å². The van der Waals surface area contributed by atoms with Crippen molar-refractivity contribution in [2.75, 3.05) is 0 Å². The molecule has 2 aliphatic rings. The van der Waals surface area contributed by atoms with Crippen molar-refractivity contribution in [2.24, 2.45) is 5.92 Å². The zero-order chi connectivity index (χ0) is 23.4. The van der Waals surface area contributed by atoms with Crippen LogP contribution in [0.5, 0.6) is 0 Å². The van der Waals surface area contributed by atoms with Crippen molar-refractivity contribution >= 4 is 23.1 Å². The summed E-state index contributed by atoms with van der Waals surface area (Å²) in [4.78, 5) is 12.8. The third-order valence-electron chi connectivity index (χ3n) is 6.39. The van der Waals surface area contributed by atoms with Crippen LogP contribution in [0, 0.1) is 24.5 Å². The molecule has 2 aromatic carbocycles. The first kappa shape index (κ1) is 22.6. The molecule has 4 rings (SSSR count). The Morgan fingerprint density at radius 3 is 2.31 bits per heavy atom. The van der Waals surface area contributed by atoms with E-state index in [1.807, 2.05) is 0 Å². The summed E-state index contributed by atoms with van der Waals surface area (Å²) in [5.41, 5.74) is -0.633. The fourth-order valence-electron chi connectivity index (χ4n) is 4.56. The molecule has 170 valence electrons. The van der Waals surface area contributed by atoms with Gasteiger partial charge < -0.3 is 10.4 Å². The standard InChI is InChI=1S/C23H19ClF5NO2/c1-11-8-17(25)15(12-2-3-16(24)18(26)9-12)10-14(11)19-20(31)22(30-21(19)32)6-4-13(5-7-22)23(27,28)29/h2-3,8-10,13,31H,4-7H2,1H3,(H,30,32). The monoisotopic (exact) mass is 471 g/mol. The van der Waals surface area contributed by atoms with E-state index in [1.165, 1.54) is 18.2 Å². The Kier molecular flexibility index (Phi) is 5.48. The molecule has 2 aromatic rings. The molecule has 1 saturated carbocycles. The molecule has 9 heteroatoms. The minimum Gasteiger partial charge on any atom is -0.509 e. The maximum Gasteiger partial charge on any atom is 0.391 e. The zero-order valence-corrected chi connectivity index (χ0v) is 17.7. The Morgan fingerprint density at radius 2 is 1.72 bits per heavy atom. The van der Waals surface area contributed by atoms with Gasteiger partial charge in [-0.3, -0.25) is 4.79 Å². The number of hydrogen-bond donors (Lipinski definition) is 2. The number of carbonyl (C=O) groups excluding carboxylic acids is 1. The van der Waals surface area contributed by atoms with Gasteiger partial charge in [-0.1, -0.05) is 17.7 Å². The Morgan fingerprint density at radius 1 is 1.06 bits per heavy atom.